The molecule has 0 aliphatic heterocycles. The van der Waals surface area contributed by atoms with Crippen LogP contribution in [0, 0.1) is 6.92 Å². The number of nitrogen functional groups attached to an aromatic ring is 1. The molecular weight excluding hydrogens is 370 g/mol. The summed E-state index contributed by atoms with van der Waals surface area (Å²) in [5.41, 5.74) is 6.02. The van der Waals surface area contributed by atoms with Crippen LogP contribution in [0.4, 0.5) is 5.82 Å². The number of ketones is 1. The molecule has 3 aromatic rings. The molecule has 9 nitrogen and oxygen atoms in total. The predicted molar refractivity (Wildman–Crippen MR) is 101 cm³/mol. The highest BCUT2D eigenvalue weighted by Gasteiger charge is 2.21. The highest BCUT2D eigenvalue weighted by molar-refractivity contribution is 7.99. The molecule has 0 unspecified atom stereocenters. The van der Waals surface area contributed by atoms with Gasteiger partial charge in [-0.05, 0) is 18.6 Å². The fraction of sp³-hybridized carbons (Fsp3) is 0.235. The molecule has 0 saturated heterocycles. The molecule has 0 saturated carbocycles. The van der Waals surface area contributed by atoms with Gasteiger partial charge in [0.1, 0.15) is 11.4 Å². The largest absolute Gasteiger partial charge is 0.411 e. The Labute approximate surface area is 157 Å². The number of nitrogens with zero attached hydrogens (tertiary/aromatic N) is 4. The molecule has 0 radical (unpaired) electrons. The van der Waals surface area contributed by atoms with E-state index in [0.29, 0.717) is 5.89 Å². The van der Waals surface area contributed by atoms with Crippen LogP contribution in [-0.2, 0) is 14.1 Å². The van der Waals surface area contributed by atoms with Gasteiger partial charge in [0, 0.05) is 19.7 Å². The molecule has 1 aromatic carbocycles. The van der Waals surface area contributed by atoms with Crippen molar-refractivity contribution in [2.45, 2.75) is 12.1 Å². The van der Waals surface area contributed by atoms with E-state index < -0.39 is 17.0 Å². The zero-order chi connectivity index (χ0) is 19.7. The second-order valence-electron chi connectivity index (χ2n) is 5.87. The van der Waals surface area contributed by atoms with Crippen molar-refractivity contribution >= 4 is 23.4 Å². The van der Waals surface area contributed by atoms with E-state index in [-0.39, 0.29) is 22.4 Å². The van der Waals surface area contributed by atoms with Gasteiger partial charge in [0.25, 0.3) is 10.8 Å². The van der Waals surface area contributed by atoms with Crippen LogP contribution in [0.25, 0.3) is 11.5 Å². The Morgan fingerprint density at radius 2 is 1.89 bits per heavy atom. The summed E-state index contributed by atoms with van der Waals surface area (Å²) < 4.78 is 7.48. The zero-order valence-electron chi connectivity index (χ0n) is 14.9. The van der Waals surface area contributed by atoms with Gasteiger partial charge in [0.2, 0.25) is 5.89 Å². The molecule has 0 spiro atoms. The predicted octanol–water partition coefficient (Wildman–Crippen LogP) is 1.000. The van der Waals surface area contributed by atoms with Crippen LogP contribution < -0.4 is 17.0 Å². The van der Waals surface area contributed by atoms with Crippen LogP contribution in [0.1, 0.15) is 15.9 Å². The summed E-state index contributed by atoms with van der Waals surface area (Å²) in [6.45, 7) is 1.92. The van der Waals surface area contributed by atoms with Crippen LogP contribution in [0.15, 0.2) is 43.5 Å². The first kappa shape index (κ1) is 18.6. The van der Waals surface area contributed by atoms with Crippen molar-refractivity contribution < 1.29 is 9.21 Å². The minimum absolute atomic E-state index is 0.132. The number of hydrogen-bond donors (Lipinski definition) is 1. The van der Waals surface area contributed by atoms with E-state index in [0.717, 1.165) is 32.0 Å². The fourth-order valence-electron chi connectivity index (χ4n) is 2.51. The Bertz CT molecular complexity index is 1140. The summed E-state index contributed by atoms with van der Waals surface area (Å²) in [6, 6.07) is 7.55. The summed E-state index contributed by atoms with van der Waals surface area (Å²) in [7, 11) is 2.69. The van der Waals surface area contributed by atoms with E-state index in [1.807, 2.05) is 31.2 Å². The van der Waals surface area contributed by atoms with Crippen LogP contribution >= 0.6 is 11.8 Å². The van der Waals surface area contributed by atoms with E-state index in [1.54, 1.807) is 0 Å². The maximum atomic E-state index is 12.5. The van der Waals surface area contributed by atoms with E-state index in [4.69, 9.17) is 10.2 Å². The third kappa shape index (κ3) is 3.43. The van der Waals surface area contributed by atoms with E-state index in [1.165, 1.54) is 14.1 Å². The Hall–Kier alpha value is -3.14. The summed E-state index contributed by atoms with van der Waals surface area (Å²) in [5, 5.41) is 8.10. The molecule has 2 aromatic heterocycles. The van der Waals surface area contributed by atoms with Gasteiger partial charge < -0.3 is 10.2 Å². The van der Waals surface area contributed by atoms with Gasteiger partial charge in [-0.2, -0.15) is 0 Å². The third-order valence-corrected chi connectivity index (χ3v) is 4.92. The molecule has 3 rings (SSSR count). The number of aromatic nitrogens is 4. The average Bonchev–Trinajstić information content (AvgIpc) is 3.12. The van der Waals surface area contributed by atoms with Crippen molar-refractivity contribution in [3.05, 3.63) is 56.2 Å². The highest BCUT2D eigenvalue weighted by Crippen LogP contribution is 2.25. The monoisotopic (exact) mass is 387 g/mol. The zero-order valence-corrected chi connectivity index (χ0v) is 15.7. The molecule has 0 atom stereocenters. The molecule has 140 valence electrons. The molecule has 0 aliphatic rings. The number of benzene rings is 1. The number of anilines is 1. The summed E-state index contributed by atoms with van der Waals surface area (Å²) >= 11 is 0.997. The number of aryl methyl sites for hydroxylation is 1. The fourth-order valence-corrected chi connectivity index (χ4v) is 3.15. The van der Waals surface area contributed by atoms with Crippen LogP contribution in [-0.4, -0.2) is 30.9 Å². The van der Waals surface area contributed by atoms with Crippen molar-refractivity contribution in [3.8, 4) is 11.5 Å². The number of carbonyl (C=O) groups excluding carboxylic acids is 1. The number of hydrogen-bond acceptors (Lipinski definition) is 8. The van der Waals surface area contributed by atoms with Crippen molar-refractivity contribution in [2.75, 3.05) is 11.5 Å². The SMILES string of the molecule is Cc1ccccc1-c1nnc(SCC(=O)c2c(N)n(C)c(=O)n(C)c2=O)o1. The second-order valence-corrected chi connectivity index (χ2v) is 6.79. The summed E-state index contributed by atoms with van der Waals surface area (Å²) in [4.78, 5) is 36.5. The summed E-state index contributed by atoms with van der Waals surface area (Å²) in [5.74, 6) is -0.475. The molecule has 10 heteroatoms. The lowest BCUT2D eigenvalue weighted by Gasteiger charge is -2.10. The topological polar surface area (TPSA) is 126 Å². The number of Topliss-reactive ketones (excluding diaryl/α,β-unsaturated/α-hetero) is 1. The van der Waals surface area contributed by atoms with E-state index in [9.17, 15) is 14.4 Å². The van der Waals surface area contributed by atoms with Crippen molar-refractivity contribution in [1.82, 2.24) is 19.3 Å². The minimum atomic E-state index is -0.729. The van der Waals surface area contributed by atoms with Crippen LogP contribution in [0.2, 0.25) is 0 Å². The highest BCUT2D eigenvalue weighted by atomic mass is 32.2. The number of thioether (sulfide) groups is 1. The Balaban J connectivity index is 1.81. The van der Waals surface area contributed by atoms with Gasteiger partial charge in [-0.1, -0.05) is 30.0 Å². The molecule has 0 fully saturated rings. The first-order valence-electron chi connectivity index (χ1n) is 7.92. The van der Waals surface area contributed by atoms with Gasteiger partial charge in [-0.3, -0.25) is 18.7 Å². The van der Waals surface area contributed by atoms with Gasteiger partial charge in [0.05, 0.1) is 5.75 Å². The van der Waals surface area contributed by atoms with Crippen LogP contribution in [0.3, 0.4) is 0 Å². The lowest BCUT2D eigenvalue weighted by molar-refractivity contribution is 0.102. The van der Waals surface area contributed by atoms with E-state index >= 15 is 0 Å². The first-order valence-corrected chi connectivity index (χ1v) is 8.90. The van der Waals surface area contributed by atoms with Gasteiger partial charge in [-0.15, -0.1) is 10.2 Å². The van der Waals surface area contributed by atoms with Crippen molar-refractivity contribution in [3.63, 3.8) is 0 Å². The van der Waals surface area contributed by atoms with Crippen molar-refractivity contribution in [2.24, 2.45) is 14.1 Å². The number of nitrogens with two attached hydrogens (primary N) is 1. The lowest BCUT2D eigenvalue weighted by atomic mass is 10.1. The normalized spacial score (nSPS) is 10.9. The Kier molecular flexibility index (Phi) is 5.00. The van der Waals surface area contributed by atoms with Crippen LogP contribution in [0.5, 0.6) is 0 Å². The van der Waals surface area contributed by atoms with Crippen molar-refractivity contribution in [1.29, 1.82) is 0 Å². The van der Waals surface area contributed by atoms with Gasteiger partial charge in [-0.25, -0.2) is 4.79 Å². The molecule has 2 N–H and O–H groups in total. The molecule has 2 heterocycles. The quantitative estimate of drug-likeness (QED) is 0.507. The third-order valence-electron chi connectivity index (χ3n) is 4.10. The molecular formula is C17H17N5O4S. The Morgan fingerprint density at radius 3 is 2.59 bits per heavy atom. The lowest BCUT2D eigenvalue weighted by Crippen LogP contribution is -2.41. The number of carbonyl (C=O) groups is 1. The maximum absolute atomic E-state index is 12.5. The minimum Gasteiger partial charge on any atom is -0.411 e. The molecule has 0 aliphatic carbocycles. The average molecular weight is 387 g/mol. The smallest absolute Gasteiger partial charge is 0.332 e. The maximum Gasteiger partial charge on any atom is 0.332 e. The van der Waals surface area contributed by atoms with E-state index in [2.05, 4.69) is 10.2 Å². The molecule has 27 heavy (non-hydrogen) atoms. The standard InChI is InChI=1S/C17H17N5O4S/c1-9-6-4-5-7-10(9)14-19-20-16(26-14)27-8-11(23)12-13(18)21(2)17(25)22(3)15(12)24/h4-7H,8,18H2,1-3H3. The Morgan fingerprint density at radius 1 is 1.19 bits per heavy atom. The number of rotatable bonds is 5. The van der Waals surface area contributed by atoms with Gasteiger partial charge in [0.15, 0.2) is 5.78 Å². The molecule has 0 bridgehead atoms. The molecule has 0 amide bonds. The first-order chi connectivity index (χ1) is 12.8. The van der Waals surface area contributed by atoms with Gasteiger partial charge >= 0.3 is 5.69 Å². The second kappa shape index (κ2) is 7.23. The summed E-state index contributed by atoms with van der Waals surface area (Å²) in [6.07, 6.45) is 0.